The van der Waals surface area contributed by atoms with E-state index in [4.69, 9.17) is 24.3 Å². The van der Waals surface area contributed by atoms with Crippen molar-refractivity contribution in [1.82, 2.24) is 5.32 Å². The van der Waals surface area contributed by atoms with Crippen LogP contribution in [0.3, 0.4) is 0 Å². The van der Waals surface area contributed by atoms with Crippen LogP contribution >= 0.6 is 0 Å². The van der Waals surface area contributed by atoms with E-state index in [1.165, 1.54) is 5.56 Å². The highest BCUT2D eigenvalue weighted by molar-refractivity contribution is 6.01. The maximum absolute atomic E-state index is 14.1. The van der Waals surface area contributed by atoms with Gasteiger partial charge in [0.05, 0.1) is 6.61 Å². The standard InChI is InChI=1S/C35H42N2O6/c1-34(2,3)43-30(39)21-22-35(33(40)36-23-10-14-26-12-6-4-7-13-26)31(27-15-8-5-9-16-27)42-32(37-35)28-17-19-29(20-18-28)41-25-11-24-38/h4-9,12-13,15-20,31,38H,10-11,14,21-25H2,1-3H3,(H,36,40)/t31-,35-/m1/s1. The topological polar surface area (TPSA) is 106 Å². The first-order valence-corrected chi connectivity index (χ1v) is 14.9. The van der Waals surface area contributed by atoms with Gasteiger partial charge in [-0.1, -0.05) is 60.7 Å². The van der Waals surface area contributed by atoms with Crippen LogP contribution in [0.5, 0.6) is 5.75 Å². The molecule has 0 saturated heterocycles. The summed E-state index contributed by atoms with van der Waals surface area (Å²) >= 11 is 0. The maximum atomic E-state index is 14.1. The van der Waals surface area contributed by atoms with Gasteiger partial charge in [0.15, 0.2) is 11.6 Å². The van der Waals surface area contributed by atoms with E-state index in [0.717, 1.165) is 18.4 Å². The van der Waals surface area contributed by atoms with Gasteiger partial charge in [-0.05, 0) is 75.4 Å². The Bertz CT molecular complexity index is 1350. The molecular weight excluding hydrogens is 544 g/mol. The molecule has 1 amide bonds. The molecule has 2 N–H and O–H groups in total. The van der Waals surface area contributed by atoms with Gasteiger partial charge in [-0.25, -0.2) is 4.99 Å². The number of benzene rings is 3. The van der Waals surface area contributed by atoms with Gasteiger partial charge in [0.25, 0.3) is 5.91 Å². The molecule has 0 spiro atoms. The van der Waals surface area contributed by atoms with Crippen LogP contribution in [-0.4, -0.2) is 53.8 Å². The summed E-state index contributed by atoms with van der Waals surface area (Å²) < 4.78 is 17.7. The van der Waals surface area contributed by atoms with Crippen LogP contribution < -0.4 is 10.1 Å². The van der Waals surface area contributed by atoms with Crippen LogP contribution in [0.25, 0.3) is 0 Å². The van der Waals surface area contributed by atoms with Crippen molar-refractivity contribution < 1.29 is 28.9 Å². The second-order valence-corrected chi connectivity index (χ2v) is 11.6. The minimum Gasteiger partial charge on any atom is -0.494 e. The number of aliphatic imine (C=N–C) groups is 1. The lowest BCUT2D eigenvalue weighted by molar-refractivity contribution is -0.155. The van der Waals surface area contributed by atoms with Crippen molar-refractivity contribution in [2.75, 3.05) is 19.8 Å². The zero-order valence-electron chi connectivity index (χ0n) is 25.3. The summed E-state index contributed by atoms with van der Waals surface area (Å²) in [4.78, 5) is 32.0. The number of hydrogen-bond donors (Lipinski definition) is 2. The zero-order valence-corrected chi connectivity index (χ0v) is 25.3. The first-order valence-electron chi connectivity index (χ1n) is 14.9. The Kier molecular flexibility index (Phi) is 11.0. The molecule has 0 bridgehead atoms. The van der Waals surface area contributed by atoms with E-state index in [1.54, 1.807) is 12.1 Å². The Balaban J connectivity index is 1.62. The van der Waals surface area contributed by atoms with Crippen LogP contribution in [0.15, 0.2) is 89.9 Å². The molecule has 0 fully saturated rings. The largest absolute Gasteiger partial charge is 0.494 e. The quantitative estimate of drug-likeness (QED) is 0.189. The summed E-state index contributed by atoms with van der Waals surface area (Å²) in [5, 5.41) is 12.1. The molecule has 0 radical (unpaired) electrons. The number of carbonyl (C=O) groups is 2. The normalized spacial score (nSPS) is 18.0. The number of nitrogens with zero attached hydrogens (tertiary/aromatic N) is 1. The van der Waals surface area contributed by atoms with Gasteiger partial charge in [0, 0.05) is 31.6 Å². The number of aryl methyl sites for hydroxylation is 1. The molecular formula is C35H42N2O6. The molecule has 3 aromatic carbocycles. The number of aliphatic hydroxyl groups excluding tert-OH is 1. The highest BCUT2D eigenvalue weighted by atomic mass is 16.6. The van der Waals surface area contributed by atoms with E-state index in [-0.39, 0.29) is 25.4 Å². The van der Waals surface area contributed by atoms with E-state index in [9.17, 15) is 9.59 Å². The Morgan fingerprint density at radius 3 is 2.28 bits per heavy atom. The minimum atomic E-state index is -1.39. The first-order chi connectivity index (χ1) is 20.7. The SMILES string of the molecule is CC(C)(C)OC(=O)CC[C@@]1(C(=O)NCCCc2ccccc2)N=C(c2ccc(OCCCO)cc2)O[C@@H]1c1ccccc1. The molecule has 1 aliphatic rings. The van der Waals surface area contributed by atoms with E-state index in [2.05, 4.69) is 17.4 Å². The third-order valence-electron chi connectivity index (χ3n) is 7.03. The van der Waals surface area contributed by atoms with Crippen molar-refractivity contribution in [3.05, 3.63) is 102 Å². The molecule has 2 atom stereocenters. The molecule has 4 rings (SSSR count). The molecule has 8 nitrogen and oxygen atoms in total. The number of aliphatic hydroxyl groups is 1. The summed E-state index contributed by atoms with van der Waals surface area (Å²) in [6, 6.07) is 26.9. The number of esters is 1. The molecule has 0 saturated carbocycles. The molecule has 3 aromatic rings. The molecule has 8 heteroatoms. The number of hydrogen-bond acceptors (Lipinski definition) is 7. The summed E-state index contributed by atoms with van der Waals surface area (Å²) in [6.07, 6.45) is 1.47. The Morgan fingerprint density at radius 1 is 0.953 bits per heavy atom. The van der Waals surface area contributed by atoms with Gasteiger partial charge < -0.3 is 24.6 Å². The molecule has 0 aliphatic carbocycles. The van der Waals surface area contributed by atoms with Crippen molar-refractivity contribution in [3.8, 4) is 5.75 Å². The fraction of sp³-hybridized carbons (Fsp3) is 0.400. The Hall–Kier alpha value is -4.17. The summed E-state index contributed by atoms with van der Waals surface area (Å²) in [7, 11) is 0. The molecule has 43 heavy (non-hydrogen) atoms. The van der Waals surface area contributed by atoms with Gasteiger partial charge in [0.1, 0.15) is 11.4 Å². The fourth-order valence-electron chi connectivity index (χ4n) is 4.98. The number of ether oxygens (including phenoxy) is 3. The van der Waals surface area contributed by atoms with Crippen LogP contribution in [0.1, 0.15) is 69.2 Å². The Morgan fingerprint density at radius 2 is 1.63 bits per heavy atom. The van der Waals surface area contributed by atoms with E-state index in [1.807, 2.05) is 81.4 Å². The van der Waals surface area contributed by atoms with E-state index >= 15 is 0 Å². The highest BCUT2D eigenvalue weighted by Crippen LogP contribution is 2.43. The fourth-order valence-corrected chi connectivity index (χ4v) is 4.98. The van der Waals surface area contributed by atoms with Crippen LogP contribution in [0.2, 0.25) is 0 Å². The Labute approximate surface area is 254 Å². The number of rotatable bonds is 14. The third-order valence-corrected chi connectivity index (χ3v) is 7.03. The highest BCUT2D eigenvalue weighted by Gasteiger charge is 2.53. The van der Waals surface area contributed by atoms with Crippen LogP contribution in [-0.2, 0) is 25.5 Å². The molecule has 228 valence electrons. The first kappa shape index (κ1) is 31.8. The van der Waals surface area contributed by atoms with Crippen molar-refractivity contribution in [1.29, 1.82) is 0 Å². The van der Waals surface area contributed by atoms with Crippen molar-refractivity contribution >= 4 is 17.8 Å². The predicted octanol–water partition coefficient (Wildman–Crippen LogP) is 5.58. The van der Waals surface area contributed by atoms with Crippen LogP contribution in [0.4, 0.5) is 0 Å². The lowest BCUT2D eigenvalue weighted by atomic mass is 9.83. The van der Waals surface area contributed by atoms with E-state index < -0.39 is 23.2 Å². The molecule has 0 unspecified atom stereocenters. The summed E-state index contributed by atoms with van der Waals surface area (Å²) in [5.74, 6) is 0.280. The smallest absolute Gasteiger partial charge is 0.306 e. The molecule has 0 aromatic heterocycles. The second kappa shape index (κ2) is 14.8. The second-order valence-electron chi connectivity index (χ2n) is 11.6. The van der Waals surface area contributed by atoms with Gasteiger partial charge in [-0.15, -0.1) is 0 Å². The average molecular weight is 587 g/mol. The van der Waals surface area contributed by atoms with Gasteiger partial charge in [-0.2, -0.15) is 0 Å². The minimum absolute atomic E-state index is 0.00415. The van der Waals surface area contributed by atoms with Crippen molar-refractivity contribution in [2.24, 2.45) is 4.99 Å². The van der Waals surface area contributed by atoms with Gasteiger partial charge in [0.2, 0.25) is 5.90 Å². The van der Waals surface area contributed by atoms with Gasteiger partial charge >= 0.3 is 5.97 Å². The summed E-state index contributed by atoms with van der Waals surface area (Å²) in [5.41, 5.74) is 0.633. The number of amides is 1. The van der Waals surface area contributed by atoms with Crippen molar-refractivity contribution in [2.45, 2.75) is 70.1 Å². The number of carbonyl (C=O) groups excluding carboxylic acids is 2. The van der Waals surface area contributed by atoms with E-state index in [0.29, 0.717) is 36.8 Å². The monoisotopic (exact) mass is 586 g/mol. The predicted molar refractivity (Wildman–Crippen MR) is 166 cm³/mol. The molecule has 1 aliphatic heterocycles. The van der Waals surface area contributed by atoms with Crippen LogP contribution in [0, 0.1) is 0 Å². The third kappa shape index (κ3) is 8.91. The van der Waals surface area contributed by atoms with Crippen molar-refractivity contribution in [3.63, 3.8) is 0 Å². The maximum Gasteiger partial charge on any atom is 0.306 e. The summed E-state index contributed by atoms with van der Waals surface area (Å²) in [6.45, 7) is 6.37. The lowest BCUT2D eigenvalue weighted by Crippen LogP contribution is -2.49. The average Bonchev–Trinajstić information content (AvgIpc) is 3.40. The van der Waals surface area contributed by atoms with Gasteiger partial charge in [-0.3, -0.25) is 9.59 Å². The molecule has 1 heterocycles. The number of nitrogens with one attached hydrogen (secondary N) is 1. The lowest BCUT2D eigenvalue weighted by Gasteiger charge is -2.31. The zero-order chi connectivity index (χ0) is 30.7.